The van der Waals surface area contributed by atoms with E-state index in [1.54, 1.807) is 12.1 Å². The predicted octanol–water partition coefficient (Wildman–Crippen LogP) is 3.29. The van der Waals surface area contributed by atoms with E-state index in [0.717, 1.165) is 5.56 Å². The van der Waals surface area contributed by atoms with Gasteiger partial charge in [0.25, 0.3) is 0 Å². The Morgan fingerprint density at radius 3 is 1.94 bits per heavy atom. The fraction of sp³-hybridized carbons (Fsp3) is 0.538. The van der Waals surface area contributed by atoms with Crippen LogP contribution in [0, 0.1) is 0 Å². The number of anilines is 1. The van der Waals surface area contributed by atoms with Crippen LogP contribution >= 0.6 is 0 Å². The minimum atomic E-state index is -4.34. The molecule has 0 aliphatic heterocycles. The number of nitrogens with two attached hydrogens (primary N) is 1. The molecule has 0 amide bonds. The smallest absolute Gasteiger partial charge is 0.373 e. The van der Waals surface area contributed by atoms with Crippen LogP contribution in [-0.2, 0) is 5.41 Å². The molecule has 0 saturated carbocycles. The first-order valence-electron chi connectivity index (χ1n) is 5.78. The number of rotatable bonds is 3. The first kappa shape index (κ1) is 14.8. The van der Waals surface area contributed by atoms with Crippen LogP contribution in [0.4, 0.5) is 18.9 Å². The van der Waals surface area contributed by atoms with E-state index in [-0.39, 0.29) is 5.41 Å². The van der Waals surface area contributed by atoms with Crippen LogP contribution in [0.1, 0.15) is 26.3 Å². The Labute approximate surface area is 105 Å². The summed E-state index contributed by atoms with van der Waals surface area (Å²) in [5, 5.41) is 2.40. The van der Waals surface area contributed by atoms with Gasteiger partial charge in [0, 0.05) is 12.2 Å². The third kappa shape index (κ3) is 3.91. The molecule has 1 aromatic carbocycles. The van der Waals surface area contributed by atoms with E-state index in [1.807, 2.05) is 32.9 Å². The highest BCUT2D eigenvalue weighted by Gasteiger charge is 2.38. The molecule has 5 heteroatoms. The first-order valence-corrected chi connectivity index (χ1v) is 5.78. The molecule has 0 aromatic heterocycles. The lowest BCUT2D eigenvalue weighted by molar-refractivity contribution is -0.140. The van der Waals surface area contributed by atoms with E-state index in [4.69, 9.17) is 5.73 Å². The van der Waals surface area contributed by atoms with Crippen LogP contribution in [0.25, 0.3) is 0 Å². The van der Waals surface area contributed by atoms with E-state index in [0.29, 0.717) is 5.69 Å². The highest BCUT2D eigenvalue weighted by molar-refractivity contribution is 5.47. The van der Waals surface area contributed by atoms with Gasteiger partial charge in [-0.3, -0.25) is 0 Å². The van der Waals surface area contributed by atoms with Crippen molar-refractivity contribution in [1.29, 1.82) is 0 Å². The number of hydrogen-bond acceptors (Lipinski definition) is 2. The Morgan fingerprint density at radius 1 is 1.11 bits per heavy atom. The maximum atomic E-state index is 12.5. The SMILES string of the molecule is CC(C)(C)c1ccc(NC(CN)C(F)(F)F)cc1. The van der Waals surface area contributed by atoms with Gasteiger partial charge in [0.15, 0.2) is 0 Å². The molecular weight excluding hydrogens is 241 g/mol. The Bertz CT molecular complexity index is 377. The van der Waals surface area contributed by atoms with Gasteiger partial charge in [-0.05, 0) is 23.1 Å². The quantitative estimate of drug-likeness (QED) is 0.875. The maximum Gasteiger partial charge on any atom is 0.409 e. The van der Waals surface area contributed by atoms with Crippen LogP contribution < -0.4 is 11.1 Å². The second kappa shape index (κ2) is 5.18. The molecule has 3 N–H and O–H groups in total. The number of hydrogen-bond donors (Lipinski definition) is 2. The van der Waals surface area contributed by atoms with Crippen molar-refractivity contribution in [2.24, 2.45) is 5.73 Å². The van der Waals surface area contributed by atoms with Gasteiger partial charge in [-0.2, -0.15) is 13.2 Å². The second-order valence-corrected chi connectivity index (χ2v) is 5.30. The molecule has 0 heterocycles. The summed E-state index contributed by atoms with van der Waals surface area (Å²) in [5.41, 5.74) is 6.61. The second-order valence-electron chi connectivity index (χ2n) is 5.30. The number of alkyl halides is 3. The summed E-state index contributed by atoms with van der Waals surface area (Å²) in [7, 11) is 0. The zero-order valence-electron chi connectivity index (χ0n) is 10.8. The van der Waals surface area contributed by atoms with Crippen molar-refractivity contribution in [3.05, 3.63) is 29.8 Å². The average Bonchev–Trinajstić information content (AvgIpc) is 2.23. The maximum absolute atomic E-state index is 12.5. The van der Waals surface area contributed by atoms with Crippen molar-refractivity contribution in [1.82, 2.24) is 0 Å². The molecule has 1 atom stereocenters. The summed E-state index contributed by atoms with van der Waals surface area (Å²) in [4.78, 5) is 0. The number of halogens is 3. The van der Waals surface area contributed by atoms with Gasteiger partial charge in [-0.15, -0.1) is 0 Å². The largest absolute Gasteiger partial charge is 0.409 e. The third-order valence-electron chi connectivity index (χ3n) is 2.72. The van der Waals surface area contributed by atoms with E-state index >= 15 is 0 Å². The van der Waals surface area contributed by atoms with Crippen molar-refractivity contribution in [2.45, 2.75) is 38.4 Å². The molecule has 2 nitrogen and oxygen atoms in total. The minimum absolute atomic E-state index is 0.0180. The van der Waals surface area contributed by atoms with E-state index in [1.165, 1.54) is 0 Å². The molecule has 18 heavy (non-hydrogen) atoms. The monoisotopic (exact) mass is 260 g/mol. The predicted molar refractivity (Wildman–Crippen MR) is 67.7 cm³/mol. The highest BCUT2D eigenvalue weighted by atomic mass is 19.4. The van der Waals surface area contributed by atoms with Crippen LogP contribution in [-0.4, -0.2) is 18.8 Å². The van der Waals surface area contributed by atoms with Gasteiger partial charge in [0.1, 0.15) is 6.04 Å². The fourth-order valence-electron chi connectivity index (χ4n) is 1.54. The van der Waals surface area contributed by atoms with Crippen LogP contribution in [0.2, 0.25) is 0 Å². The summed E-state index contributed by atoms with van der Waals surface area (Å²) < 4.78 is 37.6. The molecular formula is C13H19F3N2. The molecule has 0 aliphatic carbocycles. The van der Waals surface area contributed by atoms with E-state index in [2.05, 4.69) is 5.32 Å². The molecule has 1 aromatic rings. The van der Waals surface area contributed by atoms with E-state index in [9.17, 15) is 13.2 Å². The molecule has 1 unspecified atom stereocenters. The zero-order valence-corrected chi connectivity index (χ0v) is 10.8. The summed E-state index contributed by atoms with van der Waals surface area (Å²) in [6.45, 7) is 5.67. The Hall–Kier alpha value is -1.23. The van der Waals surface area contributed by atoms with Gasteiger partial charge in [-0.25, -0.2) is 0 Å². The molecule has 0 bridgehead atoms. The Balaban J connectivity index is 2.81. The normalized spacial score (nSPS) is 14.4. The van der Waals surface area contributed by atoms with Gasteiger partial charge >= 0.3 is 6.18 Å². The minimum Gasteiger partial charge on any atom is -0.373 e. The van der Waals surface area contributed by atoms with Crippen molar-refractivity contribution in [2.75, 3.05) is 11.9 Å². The lowest BCUT2D eigenvalue weighted by atomic mass is 9.87. The Kier molecular flexibility index (Phi) is 4.27. The number of benzene rings is 1. The summed E-state index contributed by atoms with van der Waals surface area (Å²) >= 11 is 0. The highest BCUT2D eigenvalue weighted by Crippen LogP contribution is 2.26. The summed E-state index contributed by atoms with van der Waals surface area (Å²) in [6, 6.07) is 5.24. The third-order valence-corrected chi connectivity index (χ3v) is 2.72. The van der Waals surface area contributed by atoms with Crippen molar-refractivity contribution in [3.63, 3.8) is 0 Å². The van der Waals surface area contributed by atoms with Gasteiger partial charge in [0.2, 0.25) is 0 Å². The van der Waals surface area contributed by atoms with Crippen LogP contribution in [0.15, 0.2) is 24.3 Å². The van der Waals surface area contributed by atoms with E-state index < -0.39 is 18.8 Å². The van der Waals surface area contributed by atoms with Gasteiger partial charge in [0.05, 0.1) is 0 Å². The standard InChI is InChI=1S/C13H19F3N2/c1-12(2,3)9-4-6-10(7-5-9)18-11(8-17)13(14,15)16/h4-7,11,18H,8,17H2,1-3H3. The summed E-state index contributed by atoms with van der Waals surface area (Å²) in [5.74, 6) is 0. The molecule has 1 rings (SSSR count). The van der Waals surface area contributed by atoms with Crippen LogP contribution in [0.5, 0.6) is 0 Å². The van der Waals surface area contributed by atoms with Crippen molar-refractivity contribution < 1.29 is 13.2 Å². The topological polar surface area (TPSA) is 38.0 Å². The van der Waals surface area contributed by atoms with Gasteiger partial charge in [-0.1, -0.05) is 32.9 Å². The molecule has 102 valence electrons. The molecule has 0 radical (unpaired) electrons. The fourth-order valence-corrected chi connectivity index (χ4v) is 1.54. The molecule has 0 aliphatic rings. The van der Waals surface area contributed by atoms with Crippen molar-refractivity contribution in [3.8, 4) is 0 Å². The lowest BCUT2D eigenvalue weighted by Gasteiger charge is -2.23. The summed E-state index contributed by atoms with van der Waals surface area (Å²) in [6.07, 6.45) is -4.34. The number of nitrogens with one attached hydrogen (secondary N) is 1. The Morgan fingerprint density at radius 2 is 1.61 bits per heavy atom. The van der Waals surface area contributed by atoms with Crippen molar-refractivity contribution >= 4 is 5.69 Å². The lowest BCUT2D eigenvalue weighted by Crippen LogP contribution is -2.42. The zero-order chi connectivity index (χ0) is 14.0. The molecule has 0 saturated heterocycles. The molecule has 0 spiro atoms. The average molecular weight is 260 g/mol. The molecule has 0 fully saturated rings. The van der Waals surface area contributed by atoms with Gasteiger partial charge < -0.3 is 11.1 Å². The first-order chi connectivity index (χ1) is 8.14. The van der Waals surface area contributed by atoms with Crippen LogP contribution in [0.3, 0.4) is 0 Å².